The molecule has 23 atom stereocenters. The Morgan fingerprint density at radius 1 is 0.606 bits per heavy atom. The summed E-state index contributed by atoms with van der Waals surface area (Å²) in [7, 11) is 1.17. The van der Waals surface area contributed by atoms with Crippen LogP contribution in [0.15, 0.2) is 12.1 Å². The molecule has 5 aliphatic heterocycles. The normalized spacial score (nSPS) is 42.6. The maximum atomic E-state index is 14.7. The fourth-order valence-electron chi connectivity index (χ4n) is 10.6. The Bertz CT molecular complexity index is 2190. The van der Waals surface area contributed by atoms with Crippen molar-refractivity contribution in [3.05, 3.63) is 28.8 Å². The number of carbonyl (C=O) groups is 2. The van der Waals surface area contributed by atoms with Crippen molar-refractivity contribution in [1.29, 1.82) is 0 Å². The Hall–Kier alpha value is -3.44. The summed E-state index contributed by atoms with van der Waals surface area (Å²) in [6.07, 6.45) is -23.8. The van der Waals surface area contributed by atoms with Crippen molar-refractivity contribution in [3.63, 3.8) is 0 Å². The molecule has 5 saturated heterocycles. The Morgan fingerprint density at radius 3 is 1.48 bits per heavy atom. The minimum absolute atomic E-state index is 0.0190. The summed E-state index contributed by atoms with van der Waals surface area (Å²) in [5.74, 6) is -4.37. The van der Waals surface area contributed by atoms with Gasteiger partial charge in [-0.05, 0) is 71.0 Å². The molecule has 23 heteroatoms. The molecule has 0 aromatic heterocycles. The fraction of sp³-hybridized carbons (Fsp3) is 0.750. The number of aromatic hydroxyl groups is 2. The zero-order valence-electron chi connectivity index (χ0n) is 40.5. The molecule has 5 heterocycles. The molecule has 1 aliphatic carbocycles. The van der Waals surface area contributed by atoms with Gasteiger partial charge in [-0.2, -0.15) is 0 Å². The van der Waals surface area contributed by atoms with E-state index in [0.29, 0.717) is 0 Å². The van der Waals surface area contributed by atoms with Crippen LogP contribution in [-0.2, 0) is 58.6 Å². The molecular weight excluding hydrogens is 945 g/mol. The second-order valence-electron chi connectivity index (χ2n) is 19.8. The number of phenols is 2. The molecule has 5 fully saturated rings. The first kappa shape index (κ1) is 53.8. The predicted molar refractivity (Wildman–Crippen MR) is 239 cm³/mol. The summed E-state index contributed by atoms with van der Waals surface area (Å²) < 4.78 is 65.7. The number of aliphatic hydroxyl groups excluding tert-OH is 7. The summed E-state index contributed by atoms with van der Waals surface area (Å²) in [4.78, 5) is 27.4. The van der Waals surface area contributed by atoms with Gasteiger partial charge in [0.1, 0.15) is 53.9 Å². The summed E-state index contributed by atoms with van der Waals surface area (Å²) in [6.45, 7) is 9.45. The van der Waals surface area contributed by atoms with E-state index in [1.165, 1.54) is 26.2 Å². The minimum atomic E-state index is -1.61. The monoisotopic (exact) mass is 1010 g/mol. The largest absolute Gasteiger partial charge is 0.507 e. The van der Waals surface area contributed by atoms with Crippen molar-refractivity contribution in [2.75, 3.05) is 7.11 Å². The summed E-state index contributed by atoms with van der Waals surface area (Å²) in [6, 6.07) is 3.04. The lowest BCUT2D eigenvalue weighted by Crippen LogP contribution is -2.56. The number of hydrogen-bond donors (Lipinski definition) is 10. The van der Waals surface area contributed by atoms with Crippen LogP contribution in [0.25, 0.3) is 10.8 Å². The van der Waals surface area contributed by atoms with Gasteiger partial charge >= 0.3 is 5.97 Å². The van der Waals surface area contributed by atoms with E-state index < -0.39 is 164 Å². The van der Waals surface area contributed by atoms with Gasteiger partial charge in [-0.3, -0.25) is 4.79 Å². The molecule has 0 spiro atoms. The molecule has 2 aromatic carbocycles. The summed E-state index contributed by atoms with van der Waals surface area (Å²) in [5.41, 5.74) is 0.134. The topological polar surface area (TPSA) is 338 Å². The highest BCUT2D eigenvalue weighted by Gasteiger charge is 2.50. The standard InChI is InChI=1S/C48H68O23/c1-16-27(67-33-13-28(41(54)19(4)64-33)68-31-11-25(49)39(52)17(2)62-31)10-23-8-22-9-24(47(61-7)48(59)60)46(45(58)37(22)44(57)36(23)38(16)51)71-35-15-30(43(56)21(6)66-35)70-34-14-29(42(55)20(5)65-34)69-32-12-26(50)40(53)18(3)63-32/h8,10,17-21,24-26,28-35,39-43,46-47,49-57H,9,11-15H2,1-7H3,(H,59,60)/t17?,18?,19?,20?,21?,24-,25?,26?,28-,29-,30?,31+,32+,33+,34+,35+,39-,40-,41-,42+,43-,46+,47+/m1/s1. The third-order valence-electron chi connectivity index (χ3n) is 14.7. The number of hydrogen-bond acceptors (Lipinski definition) is 22. The lowest BCUT2D eigenvalue weighted by Gasteiger charge is -2.45. The van der Waals surface area contributed by atoms with Gasteiger partial charge in [-0.15, -0.1) is 0 Å². The van der Waals surface area contributed by atoms with Crippen LogP contribution in [0.3, 0.4) is 0 Å². The molecule has 10 N–H and O–H groups in total. The maximum absolute atomic E-state index is 14.7. The van der Waals surface area contributed by atoms with E-state index in [0.717, 1.165) is 0 Å². The lowest BCUT2D eigenvalue weighted by atomic mass is 9.76. The average molecular weight is 1010 g/mol. The van der Waals surface area contributed by atoms with Crippen molar-refractivity contribution >= 4 is 22.5 Å². The van der Waals surface area contributed by atoms with Crippen molar-refractivity contribution in [1.82, 2.24) is 0 Å². The van der Waals surface area contributed by atoms with Crippen molar-refractivity contribution < 1.29 is 113 Å². The molecule has 2 aromatic rings. The molecule has 8 unspecified atom stereocenters. The van der Waals surface area contributed by atoms with Crippen LogP contribution in [0.1, 0.15) is 88.2 Å². The molecule has 0 saturated carbocycles. The maximum Gasteiger partial charge on any atom is 0.333 e. The SMILES string of the molecule is CO[C@H](C(=O)O)[C@@H]1Cc2cc3cc(O[C@H]4C[C@@H](O[C@H]5CC(O)[C@H](O)C(C)O5)[C@H](O)C(C)O4)c(C)c(O)c3c(O)c2C(=O)[C@H]1O[C@H]1CC(O[C@H]2C[C@@H](O[C@H]3CC(O)[C@H](O)C(C)O3)[C@@H](O)C(C)O2)[C@H](O)C(C)O1. The van der Waals surface area contributed by atoms with Crippen molar-refractivity contribution in [2.45, 2.75) is 215 Å². The third kappa shape index (κ3) is 11.0. The van der Waals surface area contributed by atoms with Gasteiger partial charge < -0.3 is 103 Å². The molecule has 71 heavy (non-hydrogen) atoms. The van der Waals surface area contributed by atoms with Crippen LogP contribution < -0.4 is 4.74 Å². The van der Waals surface area contributed by atoms with Gasteiger partial charge in [-0.1, -0.05) is 0 Å². The van der Waals surface area contributed by atoms with Gasteiger partial charge in [0.2, 0.25) is 6.29 Å². The zero-order valence-corrected chi connectivity index (χ0v) is 40.5. The number of methoxy groups -OCH3 is 1. The summed E-state index contributed by atoms with van der Waals surface area (Å²) >= 11 is 0. The van der Waals surface area contributed by atoms with Crippen LogP contribution in [0.4, 0.5) is 0 Å². The first-order valence-corrected chi connectivity index (χ1v) is 24.2. The van der Waals surface area contributed by atoms with Crippen molar-refractivity contribution in [3.8, 4) is 17.2 Å². The number of carboxylic acid groups (broad SMARTS) is 1. The first-order valence-electron chi connectivity index (χ1n) is 24.2. The van der Waals surface area contributed by atoms with E-state index in [-0.39, 0.29) is 71.7 Å². The molecule has 6 aliphatic rings. The summed E-state index contributed by atoms with van der Waals surface area (Å²) in [5, 5.41) is 108. The number of rotatable bonds is 13. The predicted octanol–water partition coefficient (Wildman–Crippen LogP) is 0.134. The number of benzene rings is 2. The molecule has 0 radical (unpaired) electrons. The van der Waals surface area contributed by atoms with E-state index in [1.807, 2.05) is 0 Å². The van der Waals surface area contributed by atoms with E-state index in [1.54, 1.807) is 34.6 Å². The van der Waals surface area contributed by atoms with E-state index >= 15 is 0 Å². The van der Waals surface area contributed by atoms with Crippen LogP contribution in [0.5, 0.6) is 17.2 Å². The smallest absolute Gasteiger partial charge is 0.333 e. The number of carboxylic acids is 1. The number of aliphatic carboxylic acids is 1. The second kappa shape index (κ2) is 21.8. The van der Waals surface area contributed by atoms with Gasteiger partial charge in [0.25, 0.3) is 0 Å². The second-order valence-corrected chi connectivity index (χ2v) is 19.8. The first-order chi connectivity index (χ1) is 33.5. The van der Waals surface area contributed by atoms with Crippen LogP contribution in [0, 0.1) is 12.8 Å². The van der Waals surface area contributed by atoms with Gasteiger partial charge in [0.15, 0.2) is 37.0 Å². The highest BCUT2D eigenvalue weighted by molar-refractivity contribution is 6.11. The van der Waals surface area contributed by atoms with Crippen LogP contribution >= 0.6 is 0 Å². The van der Waals surface area contributed by atoms with Gasteiger partial charge in [0.05, 0.1) is 72.0 Å². The number of carbonyl (C=O) groups excluding carboxylic acids is 1. The van der Waals surface area contributed by atoms with Crippen LogP contribution in [-0.4, -0.2) is 205 Å². The zero-order chi connectivity index (χ0) is 51.5. The molecular formula is C48H68O23. The van der Waals surface area contributed by atoms with E-state index in [4.69, 9.17) is 52.1 Å². The molecule has 398 valence electrons. The Labute approximate surface area is 408 Å². The minimum Gasteiger partial charge on any atom is -0.507 e. The Balaban J connectivity index is 1.01. The Morgan fingerprint density at radius 2 is 1.03 bits per heavy atom. The van der Waals surface area contributed by atoms with E-state index in [9.17, 15) is 60.7 Å². The fourth-order valence-corrected chi connectivity index (χ4v) is 10.6. The van der Waals surface area contributed by atoms with E-state index in [2.05, 4.69) is 0 Å². The average Bonchev–Trinajstić information content (AvgIpc) is 3.29. The quantitative estimate of drug-likeness (QED) is 0.128. The number of aliphatic hydroxyl groups is 7. The molecule has 0 bridgehead atoms. The van der Waals surface area contributed by atoms with Crippen LogP contribution in [0.2, 0.25) is 0 Å². The number of fused-ring (bicyclic) bond motifs is 2. The molecule has 0 amide bonds. The number of ether oxygens (including phenoxy) is 11. The molecule has 23 nitrogen and oxygen atoms in total. The Kier molecular flexibility index (Phi) is 16.5. The van der Waals surface area contributed by atoms with Crippen molar-refractivity contribution in [2.24, 2.45) is 5.92 Å². The molecule has 8 rings (SSSR count). The van der Waals surface area contributed by atoms with Gasteiger partial charge in [0, 0.05) is 50.7 Å². The highest BCUT2D eigenvalue weighted by atomic mass is 16.7. The highest BCUT2D eigenvalue weighted by Crippen LogP contribution is 2.47. The van der Waals surface area contributed by atoms with Gasteiger partial charge in [-0.25, -0.2) is 4.79 Å². The number of Topliss-reactive ketones (excluding diaryl/α,β-unsaturated/α-hetero) is 1. The lowest BCUT2D eigenvalue weighted by molar-refractivity contribution is -0.329. The number of ketones is 1. The third-order valence-corrected chi connectivity index (χ3v) is 14.7. The number of phenolic OH excluding ortho intramolecular Hbond substituents is 2.